The van der Waals surface area contributed by atoms with Crippen LogP contribution in [0.4, 0.5) is 0 Å². The molecule has 5 nitrogen and oxygen atoms in total. The van der Waals surface area contributed by atoms with Gasteiger partial charge < -0.3 is 5.32 Å². The number of nitrogens with one attached hydrogen (secondary N) is 1. The molecule has 0 bridgehead atoms. The zero-order chi connectivity index (χ0) is 16.9. The molecule has 2 heterocycles. The molecule has 1 amide bonds. The molecule has 0 saturated heterocycles. The minimum atomic E-state index is 0.0558. The molecule has 1 unspecified atom stereocenters. The molecule has 1 atom stereocenters. The Labute approximate surface area is 149 Å². The third-order valence-electron chi connectivity index (χ3n) is 3.89. The van der Waals surface area contributed by atoms with Crippen LogP contribution in [0.1, 0.15) is 39.5 Å². The first-order chi connectivity index (χ1) is 11.7. The molecular formula is C17H22N4OS2. The van der Waals surface area contributed by atoms with Crippen molar-refractivity contribution in [3.8, 4) is 0 Å². The maximum absolute atomic E-state index is 12.1. The maximum Gasteiger partial charge on any atom is 0.230 e. The molecule has 24 heavy (non-hydrogen) atoms. The van der Waals surface area contributed by atoms with E-state index in [1.54, 1.807) is 11.3 Å². The Morgan fingerprint density at radius 2 is 2.17 bits per heavy atom. The van der Waals surface area contributed by atoms with Gasteiger partial charge in [-0.1, -0.05) is 61.4 Å². The Morgan fingerprint density at radius 1 is 1.33 bits per heavy atom. The number of hydrogen-bond donors (Lipinski definition) is 1. The van der Waals surface area contributed by atoms with Crippen molar-refractivity contribution in [2.24, 2.45) is 0 Å². The predicted octanol–water partition coefficient (Wildman–Crippen LogP) is 4.12. The molecule has 7 heteroatoms. The van der Waals surface area contributed by atoms with Gasteiger partial charge in [0.15, 0.2) is 5.16 Å². The fourth-order valence-electron chi connectivity index (χ4n) is 2.67. The number of thiazole rings is 1. The van der Waals surface area contributed by atoms with E-state index in [1.165, 1.54) is 29.3 Å². The van der Waals surface area contributed by atoms with Gasteiger partial charge >= 0.3 is 0 Å². The van der Waals surface area contributed by atoms with Gasteiger partial charge in [-0.15, -0.1) is 10.2 Å². The maximum atomic E-state index is 12.1. The zero-order valence-electron chi connectivity index (χ0n) is 14.0. The molecule has 0 spiro atoms. The fourth-order valence-corrected chi connectivity index (χ4v) is 4.45. The third-order valence-corrected chi connectivity index (χ3v) is 5.83. The summed E-state index contributed by atoms with van der Waals surface area (Å²) in [5.41, 5.74) is 1.10. The minimum absolute atomic E-state index is 0.0558. The van der Waals surface area contributed by atoms with Gasteiger partial charge in [-0.05, 0) is 25.5 Å². The van der Waals surface area contributed by atoms with Crippen LogP contribution >= 0.6 is 23.1 Å². The quantitative estimate of drug-likeness (QED) is 0.484. The second kappa shape index (κ2) is 7.98. The highest BCUT2D eigenvalue weighted by molar-refractivity contribution is 7.99. The lowest BCUT2D eigenvalue weighted by atomic mass is 10.1. The second-order valence-corrected chi connectivity index (χ2v) is 7.87. The van der Waals surface area contributed by atoms with Crippen LogP contribution in [0.5, 0.6) is 0 Å². The lowest BCUT2D eigenvalue weighted by molar-refractivity contribution is -0.119. The van der Waals surface area contributed by atoms with E-state index >= 15 is 0 Å². The average Bonchev–Trinajstić information content (AvgIpc) is 3.12. The zero-order valence-corrected chi connectivity index (χ0v) is 15.6. The highest BCUT2D eigenvalue weighted by Gasteiger charge is 2.14. The van der Waals surface area contributed by atoms with E-state index in [-0.39, 0.29) is 11.9 Å². The van der Waals surface area contributed by atoms with Crippen molar-refractivity contribution in [2.75, 3.05) is 5.75 Å². The summed E-state index contributed by atoms with van der Waals surface area (Å²) in [6.45, 7) is 4.26. The van der Waals surface area contributed by atoms with E-state index in [4.69, 9.17) is 0 Å². The van der Waals surface area contributed by atoms with Crippen LogP contribution < -0.4 is 5.32 Å². The van der Waals surface area contributed by atoms with Crippen LogP contribution in [0, 0.1) is 0 Å². The predicted molar refractivity (Wildman–Crippen MR) is 101 cm³/mol. The number of fused-ring (bicyclic) bond motifs is 3. The monoisotopic (exact) mass is 362 g/mol. The lowest BCUT2D eigenvalue weighted by Gasteiger charge is -2.13. The summed E-state index contributed by atoms with van der Waals surface area (Å²) in [7, 11) is 0. The van der Waals surface area contributed by atoms with Gasteiger partial charge in [-0.3, -0.25) is 9.20 Å². The number of para-hydroxylation sites is 1. The van der Waals surface area contributed by atoms with Gasteiger partial charge in [-0.25, -0.2) is 0 Å². The first kappa shape index (κ1) is 17.2. The van der Waals surface area contributed by atoms with Crippen LogP contribution in [0.3, 0.4) is 0 Å². The highest BCUT2D eigenvalue weighted by Crippen LogP contribution is 2.29. The minimum Gasteiger partial charge on any atom is -0.353 e. The SMILES string of the molecule is CCCCCC(C)NC(=O)CSc1nnc2sc3ccccc3n12. The molecule has 3 aromatic rings. The number of thioether (sulfide) groups is 1. The number of nitrogens with zero attached hydrogens (tertiary/aromatic N) is 3. The number of hydrogen-bond acceptors (Lipinski definition) is 5. The molecule has 1 N–H and O–H groups in total. The Balaban J connectivity index is 1.60. The molecule has 0 fully saturated rings. The van der Waals surface area contributed by atoms with Crippen LogP contribution in [0.25, 0.3) is 15.2 Å². The Hall–Kier alpha value is -1.60. The lowest BCUT2D eigenvalue weighted by Crippen LogP contribution is -2.33. The normalized spacial score (nSPS) is 12.8. The number of amides is 1. The van der Waals surface area contributed by atoms with Crippen molar-refractivity contribution in [1.82, 2.24) is 19.9 Å². The molecule has 3 rings (SSSR count). The summed E-state index contributed by atoms with van der Waals surface area (Å²) in [6.07, 6.45) is 4.62. The average molecular weight is 363 g/mol. The Bertz CT molecular complexity index is 826. The topological polar surface area (TPSA) is 59.3 Å². The molecule has 0 aliphatic heterocycles. The fraction of sp³-hybridized carbons (Fsp3) is 0.471. The third kappa shape index (κ3) is 3.89. The highest BCUT2D eigenvalue weighted by atomic mass is 32.2. The summed E-state index contributed by atoms with van der Waals surface area (Å²) in [4.78, 5) is 13.0. The van der Waals surface area contributed by atoms with Crippen molar-refractivity contribution in [2.45, 2.75) is 50.7 Å². The number of aromatic nitrogens is 3. The molecule has 128 valence electrons. The number of carbonyl (C=O) groups excluding carboxylic acids is 1. The summed E-state index contributed by atoms with van der Waals surface area (Å²) in [5.74, 6) is 0.420. The van der Waals surface area contributed by atoms with Crippen molar-refractivity contribution in [3.05, 3.63) is 24.3 Å². The van der Waals surface area contributed by atoms with E-state index in [9.17, 15) is 4.79 Å². The van der Waals surface area contributed by atoms with Crippen LogP contribution in [0.15, 0.2) is 29.4 Å². The number of unbranched alkanes of at least 4 members (excludes halogenated alkanes) is 2. The summed E-state index contributed by atoms with van der Waals surface area (Å²) < 4.78 is 3.21. The van der Waals surface area contributed by atoms with E-state index in [0.29, 0.717) is 5.75 Å². The summed E-state index contributed by atoms with van der Waals surface area (Å²) in [5, 5.41) is 12.3. The van der Waals surface area contributed by atoms with Crippen molar-refractivity contribution in [1.29, 1.82) is 0 Å². The standard InChI is InChI=1S/C17H22N4OS2/c1-3-4-5-8-12(2)18-15(22)11-23-16-19-20-17-21(16)13-9-6-7-10-14(13)24-17/h6-7,9-10,12H,3-5,8,11H2,1-2H3,(H,18,22). The molecule has 0 saturated carbocycles. The van der Waals surface area contributed by atoms with Crippen molar-refractivity contribution in [3.63, 3.8) is 0 Å². The molecule has 1 aromatic carbocycles. The molecular weight excluding hydrogens is 340 g/mol. The first-order valence-corrected chi connectivity index (χ1v) is 10.1. The molecule has 2 aromatic heterocycles. The Morgan fingerprint density at radius 3 is 3.00 bits per heavy atom. The summed E-state index contributed by atoms with van der Waals surface area (Å²) in [6, 6.07) is 8.39. The Kier molecular flexibility index (Phi) is 5.73. The van der Waals surface area contributed by atoms with Crippen LogP contribution in [0.2, 0.25) is 0 Å². The van der Waals surface area contributed by atoms with E-state index in [2.05, 4.69) is 41.5 Å². The van der Waals surface area contributed by atoms with Gasteiger partial charge in [-0.2, -0.15) is 0 Å². The largest absolute Gasteiger partial charge is 0.353 e. The number of rotatable bonds is 8. The van der Waals surface area contributed by atoms with E-state index < -0.39 is 0 Å². The smallest absolute Gasteiger partial charge is 0.230 e. The van der Waals surface area contributed by atoms with Gasteiger partial charge in [0.2, 0.25) is 10.9 Å². The molecule has 0 aliphatic rings. The van der Waals surface area contributed by atoms with Crippen LogP contribution in [-0.4, -0.2) is 32.3 Å². The van der Waals surface area contributed by atoms with Gasteiger partial charge in [0.1, 0.15) is 0 Å². The van der Waals surface area contributed by atoms with Crippen molar-refractivity contribution >= 4 is 44.2 Å². The molecule has 0 aliphatic carbocycles. The van der Waals surface area contributed by atoms with E-state index in [1.807, 2.05) is 16.5 Å². The first-order valence-electron chi connectivity index (χ1n) is 8.34. The molecule has 0 radical (unpaired) electrons. The van der Waals surface area contributed by atoms with Crippen LogP contribution in [-0.2, 0) is 4.79 Å². The second-order valence-electron chi connectivity index (χ2n) is 5.92. The van der Waals surface area contributed by atoms with Crippen molar-refractivity contribution < 1.29 is 4.79 Å². The van der Waals surface area contributed by atoms with Gasteiger partial charge in [0, 0.05) is 6.04 Å². The van der Waals surface area contributed by atoms with Gasteiger partial charge in [0.25, 0.3) is 0 Å². The van der Waals surface area contributed by atoms with Gasteiger partial charge in [0.05, 0.1) is 16.0 Å². The van der Waals surface area contributed by atoms with E-state index in [0.717, 1.165) is 28.5 Å². The summed E-state index contributed by atoms with van der Waals surface area (Å²) >= 11 is 3.05. The number of benzene rings is 1. The number of carbonyl (C=O) groups is 1.